The van der Waals surface area contributed by atoms with Crippen LogP contribution in [0.3, 0.4) is 0 Å². The van der Waals surface area contributed by atoms with Crippen molar-refractivity contribution >= 4 is 17.7 Å². The summed E-state index contributed by atoms with van der Waals surface area (Å²) in [5, 5.41) is 11.3. The third-order valence-corrected chi connectivity index (χ3v) is 5.49. The van der Waals surface area contributed by atoms with Gasteiger partial charge < -0.3 is 15.1 Å². The SMILES string of the molecule is Cc1cc(N2CCN(C(=O)c3cn(C)nn3)CC2)nc(NC2CCCCC2)n1. The molecule has 28 heavy (non-hydrogen) atoms. The molecule has 2 aromatic rings. The van der Waals surface area contributed by atoms with Gasteiger partial charge in [0.2, 0.25) is 5.95 Å². The summed E-state index contributed by atoms with van der Waals surface area (Å²) in [4.78, 5) is 25.9. The summed E-state index contributed by atoms with van der Waals surface area (Å²) in [6.45, 7) is 4.77. The number of amides is 1. The number of hydrogen-bond donors (Lipinski definition) is 1. The molecule has 9 heteroatoms. The molecule has 3 heterocycles. The fraction of sp³-hybridized carbons (Fsp3) is 0.632. The molecule has 9 nitrogen and oxygen atoms in total. The highest BCUT2D eigenvalue weighted by Crippen LogP contribution is 2.22. The Bertz CT molecular complexity index is 821. The standard InChI is InChI=1S/C19H28N8O/c1-14-12-17(22-19(20-14)21-15-6-4-3-5-7-15)26-8-10-27(11-9-26)18(28)16-13-25(2)24-23-16/h12-13,15H,3-11H2,1-2H3,(H,20,21,22). The first-order valence-electron chi connectivity index (χ1n) is 10.1. The fourth-order valence-electron chi connectivity index (χ4n) is 3.95. The second kappa shape index (κ2) is 8.12. The lowest BCUT2D eigenvalue weighted by molar-refractivity contribution is 0.0740. The fourth-order valence-corrected chi connectivity index (χ4v) is 3.95. The predicted molar refractivity (Wildman–Crippen MR) is 106 cm³/mol. The van der Waals surface area contributed by atoms with Gasteiger partial charge in [-0.1, -0.05) is 24.5 Å². The van der Waals surface area contributed by atoms with Crippen LogP contribution in [0.4, 0.5) is 11.8 Å². The molecular formula is C19H28N8O. The summed E-state index contributed by atoms with van der Waals surface area (Å²) in [7, 11) is 1.76. The van der Waals surface area contributed by atoms with E-state index >= 15 is 0 Å². The summed E-state index contributed by atoms with van der Waals surface area (Å²) >= 11 is 0. The minimum Gasteiger partial charge on any atom is -0.353 e. The summed E-state index contributed by atoms with van der Waals surface area (Å²) in [6, 6.07) is 2.50. The van der Waals surface area contributed by atoms with Gasteiger partial charge in [-0.05, 0) is 19.8 Å². The number of nitrogens with zero attached hydrogens (tertiary/aromatic N) is 7. The van der Waals surface area contributed by atoms with Gasteiger partial charge in [-0.25, -0.2) is 4.98 Å². The van der Waals surface area contributed by atoms with Crippen LogP contribution in [-0.4, -0.2) is 68.0 Å². The number of piperazine rings is 1. The molecular weight excluding hydrogens is 356 g/mol. The molecule has 1 aliphatic heterocycles. The van der Waals surface area contributed by atoms with Crippen molar-refractivity contribution in [3.8, 4) is 0 Å². The Balaban J connectivity index is 1.39. The second-order valence-corrected chi connectivity index (χ2v) is 7.73. The zero-order valence-electron chi connectivity index (χ0n) is 16.6. The van der Waals surface area contributed by atoms with Crippen molar-refractivity contribution in [1.82, 2.24) is 29.9 Å². The van der Waals surface area contributed by atoms with E-state index in [0.717, 1.165) is 30.5 Å². The van der Waals surface area contributed by atoms with Gasteiger partial charge in [-0.15, -0.1) is 5.10 Å². The molecule has 1 saturated heterocycles. The number of aryl methyl sites for hydroxylation is 2. The summed E-state index contributed by atoms with van der Waals surface area (Å²) in [6.07, 6.45) is 7.92. The van der Waals surface area contributed by atoms with Gasteiger partial charge in [0.15, 0.2) is 5.69 Å². The van der Waals surface area contributed by atoms with Gasteiger partial charge in [-0.2, -0.15) is 4.98 Å². The molecule has 0 radical (unpaired) electrons. The molecule has 4 rings (SSSR count). The Kier molecular flexibility index (Phi) is 5.40. The number of aromatic nitrogens is 5. The van der Waals surface area contributed by atoms with E-state index in [4.69, 9.17) is 4.98 Å². The summed E-state index contributed by atoms with van der Waals surface area (Å²) < 4.78 is 1.55. The van der Waals surface area contributed by atoms with E-state index in [0.29, 0.717) is 24.8 Å². The highest BCUT2D eigenvalue weighted by atomic mass is 16.2. The Morgan fingerprint density at radius 2 is 1.86 bits per heavy atom. The average Bonchev–Trinajstić information content (AvgIpc) is 3.14. The lowest BCUT2D eigenvalue weighted by Gasteiger charge is -2.35. The van der Waals surface area contributed by atoms with Crippen LogP contribution in [0.5, 0.6) is 0 Å². The Labute approximate surface area is 165 Å². The van der Waals surface area contributed by atoms with Crippen molar-refractivity contribution in [3.63, 3.8) is 0 Å². The van der Waals surface area contributed by atoms with Gasteiger partial charge >= 0.3 is 0 Å². The van der Waals surface area contributed by atoms with Crippen LogP contribution in [0.2, 0.25) is 0 Å². The molecule has 1 N–H and O–H groups in total. The first-order valence-corrected chi connectivity index (χ1v) is 10.1. The molecule has 2 aromatic heterocycles. The third kappa shape index (κ3) is 4.23. The third-order valence-electron chi connectivity index (χ3n) is 5.49. The van der Waals surface area contributed by atoms with Crippen LogP contribution in [0.15, 0.2) is 12.3 Å². The number of nitrogens with one attached hydrogen (secondary N) is 1. The van der Waals surface area contributed by atoms with Gasteiger partial charge in [0.05, 0.1) is 6.20 Å². The summed E-state index contributed by atoms with van der Waals surface area (Å²) in [5.41, 5.74) is 1.36. The van der Waals surface area contributed by atoms with Crippen molar-refractivity contribution < 1.29 is 4.79 Å². The molecule has 1 amide bonds. The number of carbonyl (C=O) groups is 1. The zero-order valence-corrected chi connectivity index (χ0v) is 16.6. The minimum atomic E-state index is -0.0636. The maximum Gasteiger partial charge on any atom is 0.276 e. The van der Waals surface area contributed by atoms with E-state index in [2.05, 4.69) is 25.5 Å². The molecule has 1 aliphatic carbocycles. The number of carbonyl (C=O) groups excluding carboxylic acids is 1. The molecule has 0 aromatic carbocycles. The topological polar surface area (TPSA) is 92.1 Å². The zero-order chi connectivity index (χ0) is 19.5. The van der Waals surface area contributed by atoms with E-state index in [-0.39, 0.29) is 5.91 Å². The van der Waals surface area contributed by atoms with E-state index in [1.807, 2.05) is 17.9 Å². The largest absolute Gasteiger partial charge is 0.353 e. The minimum absolute atomic E-state index is 0.0636. The summed E-state index contributed by atoms with van der Waals surface area (Å²) in [5.74, 6) is 1.59. The lowest BCUT2D eigenvalue weighted by atomic mass is 9.96. The predicted octanol–water partition coefficient (Wildman–Crippen LogP) is 1.62. The molecule has 2 fully saturated rings. The van der Waals surface area contributed by atoms with Crippen molar-refractivity contribution in [2.75, 3.05) is 36.4 Å². The van der Waals surface area contributed by atoms with E-state index in [9.17, 15) is 4.79 Å². The van der Waals surface area contributed by atoms with E-state index in [1.165, 1.54) is 32.1 Å². The number of rotatable bonds is 4. The highest BCUT2D eigenvalue weighted by Gasteiger charge is 2.25. The second-order valence-electron chi connectivity index (χ2n) is 7.73. The van der Waals surface area contributed by atoms with Crippen LogP contribution in [0.1, 0.15) is 48.3 Å². The van der Waals surface area contributed by atoms with Crippen molar-refractivity contribution in [3.05, 3.63) is 23.7 Å². The van der Waals surface area contributed by atoms with Crippen molar-refractivity contribution in [2.24, 2.45) is 7.05 Å². The van der Waals surface area contributed by atoms with Gasteiger partial charge in [0.1, 0.15) is 5.82 Å². The average molecular weight is 384 g/mol. The molecule has 0 bridgehead atoms. The van der Waals surface area contributed by atoms with E-state index in [1.54, 1.807) is 17.9 Å². The molecule has 0 atom stereocenters. The van der Waals surface area contributed by atoms with Crippen molar-refractivity contribution in [1.29, 1.82) is 0 Å². The lowest BCUT2D eigenvalue weighted by Crippen LogP contribution is -2.49. The maximum atomic E-state index is 12.5. The number of hydrogen-bond acceptors (Lipinski definition) is 7. The highest BCUT2D eigenvalue weighted by molar-refractivity contribution is 5.92. The van der Waals surface area contributed by atoms with Crippen LogP contribution in [-0.2, 0) is 7.05 Å². The Morgan fingerprint density at radius 1 is 1.11 bits per heavy atom. The normalized spacial score (nSPS) is 18.4. The smallest absolute Gasteiger partial charge is 0.276 e. The molecule has 0 spiro atoms. The molecule has 150 valence electrons. The molecule has 0 unspecified atom stereocenters. The Morgan fingerprint density at radius 3 is 2.54 bits per heavy atom. The molecule has 1 saturated carbocycles. The van der Waals surface area contributed by atoms with Crippen LogP contribution < -0.4 is 10.2 Å². The van der Waals surface area contributed by atoms with Crippen LogP contribution in [0, 0.1) is 6.92 Å². The maximum absolute atomic E-state index is 12.5. The van der Waals surface area contributed by atoms with Crippen LogP contribution in [0.25, 0.3) is 0 Å². The van der Waals surface area contributed by atoms with Gasteiger partial charge in [0.25, 0.3) is 5.91 Å². The monoisotopic (exact) mass is 384 g/mol. The van der Waals surface area contributed by atoms with Gasteiger partial charge in [0, 0.05) is 51.0 Å². The first-order chi connectivity index (χ1) is 13.6. The van der Waals surface area contributed by atoms with Gasteiger partial charge in [-0.3, -0.25) is 9.48 Å². The number of anilines is 2. The molecule has 2 aliphatic rings. The first kappa shape index (κ1) is 18.6. The van der Waals surface area contributed by atoms with E-state index < -0.39 is 0 Å². The van der Waals surface area contributed by atoms with Crippen LogP contribution >= 0.6 is 0 Å². The quantitative estimate of drug-likeness (QED) is 0.856. The Hall–Kier alpha value is -2.71. The van der Waals surface area contributed by atoms with Crippen molar-refractivity contribution in [2.45, 2.75) is 45.1 Å².